The molecule has 2 amide bonds. The first-order valence-electron chi connectivity index (χ1n) is 10.9. The van der Waals surface area contributed by atoms with Crippen LogP contribution in [0.3, 0.4) is 0 Å². The Balaban J connectivity index is 1.17. The van der Waals surface area contributed by atoms with Crippen molar-refractivity contribution in [3.05, 3.63) is 53.6 Å². The Labute approximate surface area is 182 Å². The van der Waals surface area contributed by atoms with Crippen molar-refractivity contribution in [2.75, 3.05) is 19.6 Å². The van der Waals surface area contributed by atoms with E-state index in [0.29, 0.717) is 24.4 Å². The first-order valence-corrected chi connectivity index (χ1v) is 10.9. The number of carbonyl (C=O) groups excluding carboxylic acids is 2. The first kappa shape index (κ1) is 21.5. The lowest BCUT2D eigenvalue weighted by molar-refractivity contribution is -0.122. The van der Waals surface area contributed by atoms with Crippen molar-refractivity contribution in [1.82, 2.24) is 25.1 Å². The molecule has 166 valence electrons. The Kier molecular flexibility index (Phi) is 6.11. The number of aryl methyl sites for hydroxylation is 2. The smallest absolute Gasteiger partial charge is 0.251 e. The average Bonchev–Trinajstić information content (AvgIpc) is 3.16. The largest absolute Gasteiger partial charge is 0.382 e. The van der Waals surface area contributed by atoms with Gasteiger partial charge in [0.05, 0.1) is 12.6 Å². The monoisotopic (exact) mass is 425 g/mol. The van der Waals surface area contributed by atoms with E-state index in [1.54, 1.807) is 18.3 Å². The molecule has 31 heavy (non-hydrogen) atoms. The normalized spacial score (nSPS) is 24.4. The number of likely N-dealkylation sites (tertiary alicyclic amines) is 1. The first-order chi connectivity index (χ1) is 14.8. The summed E-state index contributed by atoms with van der Waals surface area (Å²) in [5, 5.41) is 16.7. The molecule has 1 aromatic heterocycles. The molecule has 0 unspecified atom stereocenters. The molecule has 3 N–H and O–H groups in total. The lowest BCUT2D eigenvalue weighted by Crippen LogP contribution is -2.63. The third kappa shape index (κ3) is 4.80. The molecule has 1 aromatic carbocycles. The molecule has 8 heteroatoms. The van der Waals surface area contributed by atoms with Gasteiger partial charge in [-0.25, -0.2) is 4.98 Å². The van der Waals surface area contributed by atoms with Crippen molar-refractivity contribution >= 4 is 11.8 Å². The minimum absolute atomic E-state index is 0.0244. The van der Waals surface area contributed by atoms with E-state index in [1.165, 1.54) is 0 Å². The molecule has 2 aromatic rings. The quantitative estimate of drug-likeness (QED) is 0.643. The van der Waals surface area contributed by atoms with E-state index in [4.69, 9.17) is 0 Å². The maximum atomic E-state index is 12.2. The highest BCUT2D eigenvalue weighted by molar-refractivity contribution is 5.96. The van der Waals surface area contributed by atoms with E-state index < -0.39 is 5.60 Å². The number of hydrogen-bond donors (Lipinski definition) is 3. The molecule has 2 aliphatic rings. The van der Waals surface area contributed by atoms with Crippen LogP contribution in [0, 0.1) is 6.92 Å². The van der Waals surface area contributed by atoms with E-state index in [2.05, 4.69) is 20.5 Å². The molecule has 8 nitrogen and oxygen atoms in total. The minimum Gasteiger partial charge on any atom is -0.382 e. The molecule has 1 saturated carbocycles. The zero-order valence-electron chi connectivity index (χ0n) is 18.2. The molecular weight excluding hydrogens is 394 g/mol. The maximum Gasteiger partial charge on any atom is 0.251 e. The molecule has 0 bridgehead atoms. The summed E-state index contributed by atoms with van der Waals surface area (Å²) in [5.41, 5.74) is 0.723. The second kappa shape index (κ2) is 8.80. The molecule has 1 aliphatic carbocycles. The van der Waals surface area contributed by atoms with E-state index in [-0.39, 0.29) is 24.4 Å². The number of imidazole rings is 1. The SMILES string of the molecule is Cc1cccc(C(=O)NCC(=O)NC2CN(C3CCC(O)(c4nccn4C)CC3)C2)c1. The highest BCUT2D eigenvalue weighted by Gasteiger charge is 2.42. The van der Waals surface area contributed by atoms with Crippen molar-refractivity contribution in [3.8, 4) is 0 Å². The van der Waals surface area contributed by atoms with E-state index in [9.17, 15) is 14.7 Å². The Bertz CT molecular complexity index is 942. The van der Waals surface area contributed by atoms with Gasteiger partial charge in [0.2, 0.25) is 5.91 Å². The molecule has 2 heterocycles. The van der Waals surface area contributed by atoms with Crippen molar-refractivity contribution in [2.24, 2.45) is 7.05 Å². The minimum atomic E-state index is -0.845. The van der Waals surface area contributed by atoms with Crippen LogP contribution in [-0.2, 0) is 17.4 Å². The van der Waals surface area contributed by atoms with Crippen molar-refractivity contribution in [1.29, 1.82) is 0 Å². The number of amides is 2. The Morgan fingerprint density at radius 1 is 1.26 bits per heavy atom. The van der Waals surface area contributed by atoms with E-state index >= 15 is 0 Å². The molecule has 0 atom stereocenters. The summed E-state index contributed by atoms with van der Waals surface area (Å²) in [6, 6.07) is 7.83. The third-order valence-electron chi connectivity index (χ3n) is 6.50. The number of rotatable bonds is 6. The summed E-state index contributed by atoms with van der Waals surface area (Å²) in [6.45, 7) is 3.52. The van der Waals surface area contributed by atoms with Crippen LogP contribution >= 0.6 is 0 Å². The zero-order valence-corrected chi connectivity index (χ0v) is 18.2. The average molecular weight is 426 g/mol. The van der Waals surface area contributed by atoms with Gasteiger partial charge in [-0.3, -0.25) is 14.5 Å². The van der Waals surface area contributed by atoms with Gasteiger partial charge in [-0.05, 0) is 44.7 Å². The van der Waals surface area contributed by atoms with Gasteiger partial charge in [0.1, 0.15) is 11.4 Å². The zero-order chi connectivity index (χ0) is 22.0. The van der Waals surface area contributed by atoms with Gasteiger partial charge in [0.15, 0.2) is 0 Å². The van der Waals surface area contributed by atoms with Gasteiger partial charge in [0.25, 0.3) is 5.91 Å². The van der Waals surface area contributed by atoms with Crippen LogP contribution in [-0.4, -0.2) is 63.1 Å². The molecule has 1 aliphatic heterocycles. The maximum absolute atomic E-state index is 12.2. The second-order valence-electron chi connectivity index (χ2n) is 8.90. The second-order valence-corrected chi connectivity index (χ2v) is 8.90. The van der Waals surface area contributed by atoms with Gasteiger partial charge in [-0.2, -0.15) is 0 Å². The number of aliphatic hydroxyl groups is 1. The van der Waals surface area contributed by atoms with Crippen molar-refractivity contribution < 1.29 is 14.7 Å². The Morgan fingerprint density at radius 3 is 2.65 bits per heavy atom. The lowest BCUT2D eigenvalue weighted by atomic mass is 9.80. The summed E-state index contributed by atoms with van der Waals surface area (Å²) >= 11 is 0. The van der Waals surface area contributed by atoms with Crippen LogP contribution in [0.25, 0.3) is 0 Å². The van der Waals surface area contributed by atoms with Crippen LogP contribution in [0.4, 0.5) is 0 Å². The van der Waals surface area contributed by atoms with Crippen LogP contribution in [0.1, 0.15) is 47.4 Å². The molecule has 0 spiro atoms. The molecule has 0 radical (unpaired) electrons. The Hall–Kier alpha value is -2.71. The van der Waals surface area contributed by atoms with Gasteiger partial charge >= 0.3 is 0 Å². The van der Waals surface area contributed by atoms with Gasteiger partial charge in [0, 0.05) is 44.1 Å². The topological polar surface area (TPSA) is 99.5 Å². The fraction of sp³-hybridized carbons (Fsp3) is 0.522. The number of nitrogens with zero attached hydrogens (tertiary/aromatic N) is 3. The lowest BCUT2D eigenvalue weighted by Gasteiger charge is -2.48. The molecule has 2 fully saturated rings. The van der Waals surface area contributed by atoms with E-state index in [1.807, 2.05) is 36.9 Å². The molecule has 4 rings (SSSR count). The van der Waals surface area contributed by atoms with Gasteiger partial charge in [-0.1, -0.05) is 17.7 Å². The summed E-state index contributed by atoms with van der Waals surface area (Å²) < 4.78 is 1.90. The van der Waals surface area contributed by atoms with Crippen LogP contribution in [0.2, 0.25) is 0 Å². The fourth-order valence-corrected chi connectivity index (χ4v) is 4.71. The predicted octanol–water partition coefficient (Wildman–Crippen LogP) is 1.09. The number of benzene rings is 1. The van der Waals surface area contributed by atoms with Gasteiger partial charge < -0.3 is 20.3 Å². The fourth-order valence-electron chi connectivity index (χ4n) is 4.71. The van der Waals surface area contributed by atoms with Crippen LogP contribution < -0.4 is 10.6 Å². The summed E-state index contributed by atoms with van der Waals surface area (Å²) in [5.74, 6) is 0.336. The van der Waals surface area contributed by atoms with Crippen LogP contribution in [0.5, 0.6) is 0 Å². The molecular formula is C23H31N5O3. The van der Waals surface area contributed by atoms with Gasteiger partial charge in [-0.15, -0.1) is 0 Å². The van der Waals surface area contributed by atoms with E-state index in [0.717, 1.165) is 37.3 Å². The summed E-state index contributed by atoms with van der Waals surface area (Å²) in [7, 11) is 1.92. The Morgan fingerprint density at radius 2 is 2.00 bits per heavy atom. The van der Waals surface area contributed by atoms with Crippen LogP contribution in [0.15, 0.2) is 36.7 Å². The summed E-state index contributed by atoms with van der Waals surface area (Å²) in [4.78, 5) is 31.1. The standard InChI is InChI=1S/C23H31N5O3/c1-16-4-3-5-17(12-16)21(30)25-13-20(29)26-18-14-28(15-18)19-6-8-23(31,9-7-19)22-24-10-11-27(22)2/h3-5,10-12,18-19,31H,6-9,13-15H2,1-2H3,(H,25,30)(H,26,29). The number of hydrogen-bond acceptors (Lipinski definition) is 5. The number of aromatic nitrogens is 2. The predicted molar refractivity (Wildman–Crippen MR) is 116 cm³/mol. The third-order valence-corrected chi connectivity index (χ3v) is 6.50. The number of nitrogens with one attached hydrogen (secondary N) is 2. The molecule has 1 saturated heterocycles. The van der Waals surface area contributed by atoms with Crippen molar-refractivity contribution in [3.63, 3.8) is 0 Å². The number of carbonyl (C=O) groups is 2. The van der Waals surface area contributed by atoms with Crippen molar-refractivity contribution in [2.45, 2.75) is 50.3 Å². The highest BCUT2D eigenvalue weighted by Crippen LogP contribution is 2.38. The summed E-state index contributed by atoms with van der Waals surface area (Å²) in [6.07, 6.45) is 6.81. The highest BCUT2D eigenvalue weighted by atomic mass is 16.3.